The maximum Gasteiger partial charge on any atom is 0.307 e. The summed E-state index contributed by atoms with van der Waals surface area (Å²) < 4.78 is 26.3. The van der Waals surface area contributed by atoms with Crippen LogP contribution in [0.2, 0.25) is 0 Å². The van der Waals surface area contributed by atoms with Gasteiger partial charge in [-0.1, -0.05) is 0 Å². The lowest BCUT2D eigenvalue weighted by Crippen LogP contribution is -2.46. The second kappa shape index (κ2) is 9.26. The molecule has 2 aromatic rings. The Hall–Kier alpha value is -2.93. The highest BCUT2D eigenvalue weighted by Crippen LogP contribution is 2.43. The number of amides is 1. The number of rotatable bonds is 4. The van der Waals surface area contributed by atoms with Crippen LogP contribution in [0.1, 0.15) is 58.2 Å². The molecule has 1 amide bonds. The van der Waals surface area contributed by atoms with Crippen LogP contribution in [-0.4, -0.2) is 47.7 Å². The summed E-state index contributed by atoms with van der Waals surface area (Å²) in [6, 6.07) is 1.65. The van der Waals surface area contributed by atoms with Gasteiger partial charge in [0.15, 0.2) is 11.6 Å². The molecule has 6 nitrogen and oxygen atoms in total. The first kappa shape index (κ1) is 23.8. The van der Waals surface area contributed by atoms with Crippen molar-refractivity contribution in [2.45, 2.75) is 71.9 Å². The highest BCUT2D eigenvalue weighted by Gasteiger charge is 2.34. The van der Waals surface area contributed by atoms with E-state index in [1.54, 1.807) is 0 Å². The Morgan fingerprint density at radius 3 is 2.54 bits per heavy atom. The van der Waals surface area contributed by atoms with Crippen LogP contribution in [0, 0.1) is 26.6 Å². The summed E-state index contributed by atoms with van der Waals surface area (Å²) in [5.41, 5.74) is 7.73. The minimum atomic E-state index is -0.945. The van der Waals surface area contributed by atoms with Gasteiger partial charge >= 0.3 is 5.97 Å². The zero-order valence-corrected chi connectivity index (χ0v) is 20.6. The largest absolute Gasteiger partial charge is 0.490 e. The van der Waals surface area contributed by atoms with E-state index in [-0.39, 0.29) is 24.8 Å². The Morgan fingerprint density at radius 2 is 1.83 bits per heavy atom. The number of aliphatic carboxylic acids is 1. The van der Waals surface area contributed by atoms with Gasteiger partial charge in [0.05, 0.1) is 19.4 Å². The van der Waals surface area contributed by atoms with Crippen molar-refractivity contribution in [3.63, 3.8) is 0 Å². The molecule has 7 heteroatoms. The predicted molar refractivity (Wildman–Crippen MR) is 129 cm³/mol. The first-order valence-electron chi connectivity index (χ1n) is 12.5. The van der Waals surface area contributed by atoms with E-state index in [1.165, 1.54) is 6.07 Å². The molecule has 35 heavy (non-hydrogen) atoms. The van der Waals surface area contributed by atoms with Gasteiger partial charge in [-0.3, -0.25) is 9.59 Å². The molecule has 186 valence electrons. The van der Waals surface area contributed by atoms with Crippen LogP contribution in [0.15, 0.2) is 6.07 Å². The number of fused-ring (bicyclic) bond motifs is 2. The van der Waals surface area contributed by atoms with Gasteiger partial charge in [-0.15, -0.1) is 0 Å². The van der Waals surface area contributed by atoms with Gasteiger partial charge in [-0.25, -0.2) is 4.39 Å². The number of nitrogens with zero attached hydrogens (tertiary/aromatic N) is 1. The predicted octanol–water partition coefficient (Wildman–Crippen LogP) is 4.43. The molecule has 1 fully saturated rings. The summed E-state index contributed by atoms with van der Waals surface area (Å²) >= 11 is 0. The number of benzene rings is 2. The lowest BCUT2D eigenvalue weighted by Gasteiger charge is -2.39. The van der Waals surface area contributed by atoms with E-state index in [1.807, 2.05) is 25.7 Å². The van der Waals surface area contributed by atoms with Crippen LogP contribution in [0.3, 0.4) is 0 Å². The first-order valence-corrected chi connectivity index (χ1v) is 12.5. The Kier molecular flexibility index (Phi) is 6.30. The smallest absolute Gasteiger partial charge is 0.307 e. The number of halogens is 1. The van der Waals surface area contributed by atoms with Crippen LogP contribution in [0.5, 0.6) is 5.75 Å². The Bertz CT molecular complexity index is 1220. The average Bonchev–Trinajstić information content (AvgIpc) is 2.85. The first-order chi connectivity index (χ1) is 16.8. The number of carbonyl (C=O) groups excluding carboxylic acids is 1. The molecule has 1 saturated heterocycles. The van der Waals surface area contributed by atoms with Crippen molar-refractivity contribution < 1.29 is 28.6 Å². The van der Waals surface area contributed by atoms with Gasteiger partial charge in [0.25, 0.3) is 0 Å². The molecule has 2 aromatic carbocycles. The molecule has 3 heterocycles. The molecule has 0 spiro atoms. The zero-order chi connectivity index (χ0) is 24.9. The summed E-state index contributed by atoms with van der Waals surface area (Å²) in [6.45, 7) is 8.16. The number of carboxylic acids is 1. The number of ether oxygens (including phenoxy) is 2. The molecule has 0 atom stereocenters. The second-order valence-corrected chi connectivity index (χ2v) is 9.96. The van der Waals surface area contributed by atoms with Crippen LogP contribution < -0.4 is 4.74 Å². The number of carbonyl (C=O) groups is 2. The van der Waals surface area contributed by atoms with E-state index in [9.17, 15) is 14.7 Å². The molecule has 3 aliphatic rings. The molecule has 5 rings (SSSR count). The van der Waals surface area contributed by atoms with E-state index < -0.39 is 11.8 Å². The van der Waals surface area contributed by atoms with Crippen molar-refractivity contribution in [3.05, 3.63) is 50.8 Å². The minimum Gasteiger partial charge on any atom is -0.490 e. The standard InChI is InChI=1S/C28H32FNO5/c1-15-19-5-4-8-35-28(19)24(29)11-21(15)27-17(3)23-14-30(18-6-9-34-10-7-18)25(31)12-20(23)16(2)22(27)13-26(32)33/h11,18H,4-10,12-14H2,1-3H3,(H,32,33). The van der Waals surface area contributed by atoms with Crippen molar-refractivity contribution in [2.75, 3.05) is 19.8 Å². The van der Waals surface area contributed by atoms with Crippen molar-refractivity contribution in [1.82, 2.24) is 4.90 Å². The molecule has 0 aliphatic carbocycles. The molecule has 3 aliphatic heterocycles. The Morgan fingerprint density at radius 1 is 1.09 bits per heavy atom. The highest BCUT2D eigenvalue weighted by molar-refractivity contribution is 5.87. The van der Waals surface area contributed by atoms with Gasteiger partial charge < -0.3 is 19.5 Å². The lowest BCUT2D eigenvalue weighted by atomic mass is 9.79. The Labute approximate surface area is 205 Å². The van der Waals surface area contributed by atoms with Gasteiger partial charge in [-0.05, 0) is 97.0 Å². The van der Waals surface area contributed by atoms with Crippen LogP contribution in [0.25, 0.3) is 11.1 Å². The average molecular weight is 482 g/mol. The number of hydrogen-bond donors (Lipinski definition) is 1. The molecule has 0 radical (unpaired) electrons. The van der Waals surface area contributed by atoms with Crippen molar-refractivity contribution in [2.24, 2.45) is 0 Å². The lowest BCUT2D eigenvalue weighted by molar-refractivity contribution is -0.137. The summed E-state index contributed by atoms with van der Waals surface area (Å²) in [7, 11) is 0. The fourth-order valence-corrected chi connectivity index (χ4v) is 6.15. The van der Waals surface area contributed by atoms with E-state index >= 15 is 4.39 Å². The molecular weight excluding hydrogens is 449 g/mol. The normalized spacial score (nSPS) is 18.2. The SMILES string of the molecule is Cc1c(-c2c(C)c3c(c(C)c2CC(=O)O)CC(=O)N(C2CCOCC2)C3)cc(F)c2c1CCCO2. The molecular formula is C28H32FNO5. The summed E-state index contributed by atoms with van der Waals surface area (Å²) in [5.74, 6) is -0.954. The summed E-state index contributed by atoms with van der Waals surface area (Å²) in [4.78, 5) is 27.0. The van der Waals surface area contributed by atoms with E-state index in [4.69, 9.17) is 9.47 Å². The third-order valence-electron chi connectivity index (χ3n) is 8.04. The van der Waals surface area contributed by atoms with Crippen molar-refractivity contribution >= 4 is 11.9 Å². The zero-order valence-electron chi connectivity index (χ0n) is 20.6. The molecule has 0 saturated carbocycles. The summed E-state index contributed by atoms with van der Waals surface area (Å²) in [6.07, 6.45) is 3.27. The topological polar surface area (TPSA) is 76.1 Å². The molecule has 1 N–H and O–H groups in total. The van der Waals surface area contributed by atoms with E-state index in [2.05, 4.69) is 0 Å². The van der Waals surface area contributed by atoms with Crippen molar-refractivity contribution in [1.29, 1.82) is 0 Å². The second-order valence-electron chi connectivity index (χ2n) is 9.96. The molecule has 0 aromatic heterocycles. The third-order valence-corrected chi connectivity index (χ3v) is 8.04. The summed E-state index contributed by atoms with van der Waals surface area (Å²) in [5, 5.41) is 9.76. The minimum absolute atomic E-state index is 0.0779. The maximum atomic E-state index is 15.2. The van der Waals surface area contributed by atoms with Crippen LogP contribution in [0.4, 0.5) is 4.39 Å². The number of carboxylic acid groups (broad SMARTS) is 1. The van der Waals surface area contributed by atoms with Crippen LogP contribution in [-0.2, 0) is 40.1 Å². The van der Waals surface area contributed by atoms with E-state index in [0.717, 1.165) is 70.2 Å². The Balaban J connectivity index is 1.70. The fourth-order valence-electron chi connectivity index (χ4n) is 6.15. The van der Waals surface area contributed by atoms with Gasteiger partial charge in [-0.2, -0.15) is 0 Å². The fraction of sp³-hybridized carbons (Fsp3) is 0.500. The highest BCUT2D eigenvalue weighted by atomic mass is 19.1. The van der Waals surface area contributed by atoms with Crippen molar-refractivity contribution in [3.8, 4) is 16.9 Å². The monoisotopic (exact) mass is 481 g/mol. The molecule has 0 unspecified atom stereocenters. The molecule has 0 bridgehead atoms. The quantitative estimate of drug-likeness (QED) is 0.699. The third kappa shape index (κ3) is 4.10. The van der Waals surface area contributed by atoms with Gasteiger partial charge in [0, 0.05) is 31.4 Å². The van der Waals surface area contributed by atoms with Gasteiger partial charge in [0.1, 0.15) is 0 Å². The maximum absolute atomic E-state index is 15.2. The number of hydrogen-bond acceptors (Lipinski definition) is 4. The van der Waals surface area contributed by atoms with Crippen LogP contribution >= 0.6 is 0 Å². The van der Waals surface area contributed by atoms with Gasteiger partial charge in [0.2, 0.25) is 5.91 Å². The van der Waals surface area contributed by atoms with E-state index in [0.29, 0.717) is 37.7 Å².